The summed E-state index contributed by atoms with van der Waals surface area (Å²) in [4.78, 5) is 45.2. The topological polar surface area (TPSA) is 118 Å². The van der Waals surface area contributed by atoms with E-state index in [9.17, 15) is 19.5 Å². The molecule has 1 N–H and O–H groups in total. The number of β-amino-alcohol motifs (C(OH)–C–C–N with tert-alkyl or cyclic N) is 1. The van der Waals surface area contributed by atoms with E-state index in [0.717, 1.165) is 5.56 Å². The Balaban J connectivity index is 2.24. The van der Waals surface area contributed by atoms with Crippen LogP contribution in [0.1, 0.15) is 80.7 Å². The molecule has 1 aliphatic heterocycles. The molecule has 1 saturated heterocycles. The van der Waals surface area contributed by atoms with Crippen molar-refractivity contribution in [3.63, 3.8) is 0 Å². The molecule has 1 aromatic carbocycles. The van der Waals surface area contributed by atoms with Crippen LogP contribution in [0.3, 0.4) is 0 Å². The van der Waals surface area contributed by atoms with Crippen molar-refractivity contribution in [2.75, 3.05) is 52.4 Å². The van der Waals surface area contributed by atoms with Gasteiger partial charge in [0.15, 0.2) is 6.29 Å². The maximum Gasteiger partial charge on any atom is 0.323 e. The van der Waals surface area contributed by atoms with Crippen molar-refractivity contribution in [1.82, 2.24) is 14.7 Å². The Morgan fingerprint density at radius 2 is 1.31 bits per heavy atom. The molecule has 256 valence electrons. The summed E-state index contributed by atoms with van der Waals surface area (Å²) in [5.41, 5.74) is -0.964. The molecular weight excluding hydrogens is 578 g/mol. The first-order chi connectivity index (χ1) is 20.8. The highest BCUT2D eigenvalue weighted by Crippen LogP contribution is 2.18. The van der Waals surface area contributed by atoms with E-state index in [4.69, 9.17) is 18.9 Å². The largest absolute Gasteiger partial charge is 0.461 e. The molecule has 2 atom stereocenters. The molecule has 45 heavy (non-hydrogen) atoms. The first kappa shape index (κ1) is 38.6. The lowest BCUT2D eigenvalue weighted by atomic mass is 10.1. The number of rotatable bonds is 12. The van der Waals surface area contributed by atoms with Crippen molar-refractivity contribution in [3.8, 4) is 0 Å². The maximum absolute atomic E-state index is 13.6. The van der Waals surface area contributed by atoms with Crippen molar-refractivity contribution < 1.29 is 38.4 Å². The fourth-order valence-corrected chi connectivity index (χ4v) is 4.92. The van der Waals surface area contributed by atoms with E-state index in [1.807, 2.05) is 102 Å². The SMILES string of the molecule is CC(C)(C)OC(=O)CN1CCN(CC(O)OC(C)(C)C)CCN(C(CCC(=O)OCc2ccccc2)C(=O)OC(C)(C)C)CC1. The van der Waals surface area contributed by atoms with Gasteiger partial charge in [-0.25, -0.2) is 0 Å². The Morgan fingerprint density at radius 1 is 0.756 bits per heavy atom. The highest BCUT2D eigenvalue weighted by Gasteiger charge is 2.33. The fraction of sp³-hybridized carbons (Fsp3) is 0.735. The predicted molar refractivity (Wildman–Crippen MR) is 172 cm³/mol. The van der Waals surface area contributed by atoms with Crippen LogP contribution in [0.2, 0.25) is 0 Å². The van der Waals surface area contributed by atoms with Crippen LogP contribution in [0.4, 0.5) is 0 Å². The summed E-state index contributed by atoms with van der Waals surface area (Å²) in [7, 11) is 0. The number of aliphatic hydroxyl groups excluding tert-OH is 1. The fourth-order valence-electron chi connectivity index (χ4n) is 4.92. The summed E-state index contributed by atoms with van der Waals surface area (Å²) >= 11 is 0. The summed E-state index contributed by atoms with van der Waals surface area (Å²) in [5.74, 6) is -1.15. The molecule has 0 aromatic heterocycles. The molecule has 11 nitrogen and oxygen atoms in total. The third kappa shape index (κ3) is 17.1. The van der Waals surface area contributed by atoms with Gasteiger partial charge in [-0.3, -0.25) is 29.1 Å². The zero-order valence-corrected chi connectivity index (χ0v) is 29.0. The monoisotopic (exact) mass is 635 g/mol. The number of ether oxygens (including phenoxy) is 4. The van der Waals surface area contributed by atoms with Gasteiger partial charge in [0.1, 0.15) is 23.9 Å². The Morgan fingerprint density at radius 3 is 1.89 bits per heavy atom. The quantitative estimate of drug-likeness (QED) is 0.206. The van der Waals surface area contributed by atoms with Gasteiger partial charge in [0, 0.05) is 52.2 Å². The van der Waals surface area contributed by atoms with Gasteiger partial charge in [-0.2, -0.15) is 0 Å². The Labute approximate surface area is 270 Å². The van der Waals surface area contributed by atoms with Gasteiger partial charge in [0.05, 0.1) is 12.1 Å². The van der Waals surface area contributed by atoms with E-state index in [1.165, 1.54) is 0 Å². The normalized spacial score (nSPS) is 17.8. The van der Waals surface area contributed by atoms with Crippen LogP contribution < -0.4 is 0 Å². The minimum atomic E-state index is -1.01. The van der Waals surface area contributed by atoms with E-state index >= 15 is 0 Å². The standard InChI is InChI=1S/C34H57N3O8/c1-32(2,3)43-29(39)23-35-17-18-36(24-30(40)44-33(4,5)6)20-22-37(21-19-35)27(31(41)45-34(7,8)9)15-16-28(38)42-25-26-13-11-10-12-14-26/h10-14,27,29,39H,15-25H2,1-9H3. The van der Waals surface area contributed by atoms with Crippen LogP contribution in [-0.4, -0.2) is 119 Å². The van der Waals surface area contributed by atoms with Crippen molar-refractivity contribution in [2.24, 2.45) is 0 Å². The zero-order chi connectivity index (χ0) is 33.8. The average molecular weight is 636 g/mol. The first-order valence-electron chi connectivity index (χ1n) is 16.0. The van der Waals surface area contributed by atoms with E-state index in [0.29, 0.717) is 39.3 Å². The predicted octanol–water partition coefficient (Wildman–Crippen LogP) is 3.62. The number of benzene rings is 1. The van der Waals surface area contributed by atoms with Gasteiger partial charge in [0.2, 0.25) is 0 Å². The lowest BCUT2D eigenvalue weighted by Gasteiger charge is -2.34. The minimum Gasteiger partial charge on any atom is -0.461 e. The minimum absolute atomic E-state index is 0.0384. The zero-order valence-electron chi connectivity index (χ0n) is 29.0. The van der Waals surface area contributed by atoms with E-state index in [1.54, 1.807) is 0 Å². The highest BCUT2D eigenvalue weighted by atomic mass is 16.6. The lowest BCUT2D eigenvalue weighted by molar-refractivity contribution is -0.174. The number of hydrogen-bond donors (Lipinski definition) is 1. The van der Waals surface area contributed by atoms with Crippen LogP contribution >= 0.6 is 0 Å². The molecule has 1 aliphatic rings. The molecule has 0 aliphatic carbocycles. The summed E-state index contributed by atoms with van der Waals surface area (Å²) in [6.07, 6.45) is -0.763. The third-order valence-electron chi connectivity index (χ3n) is 6.80. The van der Waals surface area contributed by atoms with Crippen molar-refractivity contribution >= 4 is 17.9 Å². The van der Waals surface area contributed by atoms with Crippen LogP contribution in [0.25, 0.3) is 0 Å². The van der Waals surface area contributed by atoms with E-state index in [2.05, 4.69) is 4.90 Å². The number of carbonyl (C=O) groups is 3. The van der Waals surface area contributed by atoms with Gasteiger partial charge in [0.25, 0.3) is 0 Å². The molecular formula is C34H57N3O8. The number of nitrogens with zero attached hydrogens (tertiary/aromatic N) is 3. The smallest absolute Gasteiger partial charge is 0.323 e. The van der Waals surface area contributed by atoms with Crippen LogP contribution in [0.15, 0.2) is 30.3 Å². The number of aliphatic hydroxyl groups is 1. The lowest BCUT2D eigenvalue weighted by Crippen LogP contribution is -2.49. The highest BCUT2D eigenvalue weighted by molar-refractivity contribution is 5.77. The van der Waals surface area contributed by atoms with Gasteiger partial charge in [-0.05, 0) is 74.3 Å². The van der Waals surface area contributed by atoms with E-state index < -0.39 is 41.1 Å². The Kier molecular flexibility index (Phi) is 14.9. The average Bonchev–Trinajstić information content (AvgIpc) is 2.96. The second-order valence-electron chi connectivity index (χ2n) is 14.6. The van der Waals surface area contributed by atoms with Gasteiger partial charge in [-0.15, -0.1) is 0 Å². The van der Waals surface area contributed by atoms with Crippen molar-refractivity contribution in [2.45, 2.75) is 111 Å². The van der Waals surface area contributed by atoms with Gasteiger partial charge < -0.3 is 24.1 Å². The molecule has 0 saturated carbocycles. The molecule has 0 spiro atoms. The number of hydrogen-bond acceptors (Lipinski definition) is 11. The van der Waals surface area contributed by atoms with Crippen LogP contribution in [0, 0.1) is 0 Å². The molecule has 0 radical (unpaired) electrons. The third-order valence-corrected chi connectivity index (χ3v) is 6.80. The van der Waals surface area contributed by atoms with Gasteiger partial charge >= 0.3 is 17.9 Å². The van der Waals surface area contributed by atoms with Crippen LogP contribution in [-0.2, 0) is 39.9 Å². The van der Waals surface area contributed by atoms with Crippen LogP contribution in [0.5, 0.6) is 0 Å². The molecule has 11 heteroatoms. The summed E-state index contributed by atoms with van der Waals surface area (Å²) < 4.78 is 22.7. The molecule has 2 unspecified atom stereocenters. The summed E-state index contributed by atoms with van der Waals surface area (Å²) in [6.45, 7) is 20.2. The second-order valence-corrected chi connectivity index (χ2v) is 14.6. The van der Waals surface area contributed by atoms with E-state index in [-0.39, 0.29) is 38.5 Å². The molecule has 0 bridgehead atoms. The first-order valence-corrected chi connectivity index (χ1v) is 16.0. The Bertz CT molecular complexity index is 1060. The number of carbonyl (C=O) groups excluding carboxylic acids is 3. The molecule has 1 aromatic rings. The maximum atomic E-state index is 13.6. The summed E-state index contributed by atoms with van der Waals surface area (Å²) in [6, 6.07) is 8.73. The summed E-state index contributed by atoms with van der Waals surface area (Å²) in [5, 5.41) is 10.7. The molecule has 2 rings (SSSR count). The molecule has 1 fully saturated rings. The van der Waals surface area contributed by atoms with Crippen molar-refractivity contribution in [1.29, 1.82) is 0 Å². The van der Waals surface area contributed by atoms with Gasteiger partial charge in [-0.1, -0.05) is 30.3 Å². The van der Waals surface area contributed by atoms with Crippen molar-refractivity contribution in [3.05, 3.63) is 35.9 Å². The Hall–Kier alpha value is -2.57. The molecule has 1 heterocycles. The number of esters is 3. The second kappa shape index (κ2) is 17.4. The molecule has 0 amide bonds.